The van der Waals surface area contributed by atoms with E-state index in [1.165, 1.54) is 5.56 Å². The molecule has 0 radical (unpaired) electrons. The van der Waals surface area contributed by atoms with Gasteiger partial charge in [-0.25, -0.2) is 0 Å². The minimum Gasteiger partial charge on any atom is -0.316 e. The fourth-order valence-corrected chi connectivity index (χ4v) is 0.707. The third kappa shape index (κ3) is 9.02. The van der Waals surface area contributed by atoms with Gasteiger partial charge in [-0.1, -0.05) is 33.8 Å². The van der Waals surface area contributed by atoms with Gasteiger partial charge >= 0.3 is 0 Å². The smallest absolute Gasteiger partial charge is 0.0312 e. The van der Waals surface area contributed by atoms with Crippen LogP contribution in [0, 0.1) is 0 Å². The Morgan fingerprint density at radius 1 is 1.23 bits per heavy atom. The molecule has 1 heterocycles. The van der Waals surface area contributed by atoms with Crippen LogP contribution < -0.4 is 5.32 Å². The van der Waals surface area contributed by atoms with Crippen molar-refractivity contribution in [3.8, 4) is 0 Å². The van der Waals surface area contributed by atoms with Gasteiger partial charge in [0.15, 0.2) is 0 Å². The van der Waals surface area contributed by atoms with Crippen LogP contribution in [0.15, 0.2) is 24.5 Å². The normalized spacial score (nSPS) is 7.46. The number of hydrogen-bond donors (Lipinski definition) is 1. The van der Waals surface area contributed by atoms with E-state index in [1.54, 1.807) is 6.20 Å². The third-order valence-corrected chi connectivity index (χ3v) is 1.10. The van der Waals surface area contributed by atoms with E-state index >= 15 is 0 Å². The summed E-state index contributed by atoms with van der Waals surface area (Å²) < 4.78 is 0. The molecule has 0 saturated carbocycles. The lowest BCUT2D eigenvalue weighted by Crippen LogP contribution is -2.04. The van der Waals surface area contributed by atoms with Gasteiger partial charge in [0, 0.05) is 18.9 Å². The summed E-state index contributed by atoms with van der Waals surface area (Å²) in [6.07, 6.45) is 3.63. The quantitative estimate of drug-likeness (QED) is 0.760. The molecule has 0 aliphatic rings. The first kappa shape index (κ1) is 14.6. The number of pyridine rings is 1. The molecule has 76 valence electrons. The molecule has 0 unspecified atom stereocenters. The monoisotopic (exact) mass is 182 g/mol. The second kappa shape index (κ2) is 13.7. The molecule has 1 rings (SSSR count). The Labute approximate surface area is 82.4 Å². The van der Waals surface area contributed by atoms with Crippen LogP contribution in [0.4, 0.5) is 0 Å². The van der Waals surface area contributed by atoms with Crippen LogP contribution in [-0.4, -0.2) is 12.0 Å². The molecule has 0 aliphatic carbocycles. The maximum atomic E-state index is 3.96. The minimum absolute atomic E-state index is 0.897. The third-order valence-electron chi connectivity index (χ3n) is 1.10. The highest BCUT2D eigenvalue weighted by atomic mass is 14.8. The number of hydrogen-bond acceptors (Lipinski definition) is 2. The van der Waals surface area contributed by atoms with Crippen molar-refractivity contribution in [1.29, 1.82) is 0 Å². The first-order chi connectivity index (χ1) is 6.43. The van der Waals surface area contributed by atoms with Crippen molar-refractivity contribution in [3.63, 3.8) is 0 Å². The fraction of sp³-hybridized carbons (Fsp3) is 0.545. The highest BCUT2D eigenvalue weighted by Crippen LogP contribution is 1.92. The van der Waals surface area contributed by atoms with Crippen molar-refractivity contribution in [1.82, 2.24) is 10.3 Å². The van der Waals surface area contributed by atoms with E-state index in [0.717, 1.165) is 6.54 Å². The molecule has 0 aromatic carbocycles. The second-order valence-electron chi connectivity index (χ2n) is 1.89. The van der Waals surface area contributed by atoms with Gasteiger partial charge in [0.05, 0.1) is 0 Å². The van der Waals surface area contributed by atoms with Crippen LogP contribution in [0.25, 0.3) is 0 Å². The standard InChI is InChI=1S/C7H10N2.2C2H6/c1-8-5-7-3-2-4-9-6-7;2*1-2/h2-4,6,8H,5H2,1H3;2*1-2H3. The molecule has 1 N–H and O–H groups in total. The van der Waals surface area contributed by atoms with E-state index in [2.05, 4.69) is 10.3 Å². The van der Waals surface area contributed by atoms with Gasteiger partial charge in [0.2, 0.25) is 0 Å². The molecule has 1 aromatic heterocycles. The van der Waals surface area contributed by atoms with Crippen molar-refractivity contribution in [2.45, 2.75) is 34.2 Å². The topological polar surface area (TPSA) is 24.9 Å². The van der Waals surface area contributed by atoms with E-state index in [1.807, 2.05) is 53.1 Å². The van der Waals surface area contributed by atoms with Gasteiger partial charge in [-0.3, -0.25) is 4.98 Å². The maximum Gasteiger partial charge on any atom is 0.0312 e. The molecule has 0 fully saturated rings. The van der Waals surface area contributed by atoms with Crippen LogP contribution in [0.2, 0.25) is 0 Å². The zero-order chi connectivity index (χ0) is 10.5. The fourth-order valence-electron chi connectivity index (χ4n) is 0.707. The Kier molecular flexibility index (Phi) is 15.4. The van der Waals surface area contributed by atoms with Gasteiger partial charge in [-0.2, -0.15) is 0 Å². The van der Waals surface area contributed by atoms with Gasteiger partial charge in [0.1, 0.15) is 0 Å². The van der Waals surface area contributed by atoms with Gasteiger partial charge < -0.3 is 5.32 Å². The van der Waals surface area contributed by atoms with Crippen LogP contribution in [0.3, 0.4) is 0 Å². The lowest BCUT2D eigenvalue weighted by Gasteiger charge is -1.95. The van der Waals surface area contributed by atoms with Crippen molar-refractivity contribution < 1.29 is 0 Å². The summed E-state index contributed by atoms with van der Waals surface area (Å²) in [7, 11) is 1.92. The van der Waals surface area contributed by atoms with Crippen molar-refractivity contribution in [3.05, 3.63) is 30.1 Å². The number of rotatable bonds is 2. The molecular formula is C11H22N2. The summed E-state index contributed by atoms with van der Waals surface area (Å²) in [6.45, 7) is 8.90. The maximum absolute atomic E-state index is 3.96. The summed E-state index contributed by atoms with van der Waals surface area (Å²) in [6, 6.07) is 3.98. The molecule has 1 aromatic rings. The minimum atomic E-state index is 0.897. The summed E-state index contributed by atoms with van der Waals surface area (Å²) in [5.41, 5.74) is 1.22. The largest absolute Gasteiger partial charge is 0.316 e. The molecule has 0 aliphatic heterocycles. The van der Waals surface area contributed by atoms with Crippen LogP contribution in [-0.2, 0) is 6.54 Å². The van der Waals surface area contributed by atoms with Crippen LogP contribution >= 0.6 is 0 Å². The second-order valence-corrected chi connectivity index (χ2v) is 1.89. The van der Waals surface area contributed by atoms with E-state index in [4.69, 9.17) is 0 Å². The molecule has 0 spiro atoms. The highest BCUT2D eigenvalue weighted by molar-refractivity contribution is 5.07. The van der Waals surface area contributed by atoms with Gasteiger partial charge in [0.25, 0.3) is 0 Å². The first-order valence-corrected chi connectivity index (χ1v) is 4.97. The van der Waals surface area contributed by atoms with Crippen LogP contribution in [0.1, 0.15) is 33.3 Å². The highest BCUT2D eigenvalue weighted by Gasteiger charge is 1.84. The van der Waals surface area contributed by atoms with Gasteiger partial charge in [-0.05, 0) is 18.7 Å². The number of aromatic nitrogens is 1. The Bertz CT molecular complexity index is 161. The molecular weight excluding hydrogens is 160 g/mol. The van der Waals surface area contributed by atoms with Crippen molar-refractivity contribution in [2.24, 2.45) is 0 Å². The zero-order valence-electron chi connectivity index (χ0n) is 9.46. The van der Waals surface area contributed by atoms with E-state index in [9.17, 15) is 0 Å². The van der Waals surface area contributed by atoms with Gasteiger partial charge in [-0.15, -0.1) is 0 Å². The average Bonchev–Trinajstić information content (AvgIpc) is 2.26. The van der Waals surface area contributed by atoms with E-state index in [-0.39, 0.29) is 0 Å². The summed E-state index contributed by atoms with van der Waals surface area (Å²) in [5.74, 6) is 0. The number of nitrogens with one attached hydrogen (secondary N) is 1. The SMILES string of the molecule is CC.CC.CNCc1cccnc1. The number of nitrogens with zero attached hydrogens (tertiary/aromatic N) is 1. The molecule has 13 heavy (non-hydrogen) atoms. The molecule has 0 saturated heterocycles. The van der Waals surface area contributed by atoms with Crippen LogP contribution in [0.5, 0.6) is 0 Å². The van der Waals surface area contributed by atoms with Crippen molar-refractivity contribution >= 4 is 0 Å². The molecule has 0 bridgehead atoms. The molecule has 0 atom stereocenters. The molecule has 2 nitrogen and oxygen atoms in total. The summed E-state index contributed by atoms with van der Waals surface area (Å²) >= 11 is 0. The van der Waals surface area contributed by atoms with Crippen molar-refractivity contribution in [2.75, 3.05) is 7.05 Å². The Balaban J connectivity index is 0. The Morgan fingerprint density at radius 2 is 1.85 bits per heavy atom. The predicted molar refractivity (Wildman–Crippen MR) is 59.7 cm³/mol. The zero-order valence-corrected chi connectivity index (χ0v) is 9.46. The average molecular weight is 182 g/mol. The molecule has 2 heteroatoms. The lowest BCUT2D eigenvalue weighted by atomic mass is 10.3. The predicted octanol–water partition coefficient (Wildman–Crippen LogP) is 2.85. The Morgan fingerprint density at radius 3 is 2.23 bits per heavy atom. The lowest BCUT2D eigenvalue weighted by molar-refractivity contribution is 0.813. The summed E-state index contributed by atoms with van der Waals surface area (Å²) in [5, 5.41) is 3.04. The van der Waals surface area contributed by atoms with E-state index in [0.29, 0.717) is 0 Å². The molecule has 0 amide bonds. The Hall–Kier alpha value is -0.890. The summed E-state index contributed by atoms with van der Waals surface area (Å²) in [4.78, 5) is 3.96. The first-order valence-electron chi connectivity index (χ1n) is 4.97. The van der Waals surface area contributed by atoms with E-state index < -0.39 is 0 Å².